The minimum Gasteiger partial charge on any atom is -0.393 e. The van der Waals surface area contributed by atoms with Gasteiger partial charge in [-0.1, -0.05) is 133 Å². The lowest BCUT2D eigenvalue weighted by molar-refractivity contribution is -0.401. The molecule has 5 aromatic carbocycles. The van der Waals surface area contributed by atoms with E-state index in [1.165, 1.54) is 12.7 Å². The van der Waals surface area contributed by atoms with Crippen LogP contribution in [-0.4, -0.2) is 62.2 Å². The average Bonchev–Trinajstić information content (AvgIpc) is 3.27. The fourth-order valence-electron chi connectivity index (χ4n) is 7.53. The number of carbonyl (C=O) groups is 1. The highest BCUT2D eigenvalue weighted by Gasteiger charge is 2.64. The van der Waals surface area contributed by atoms with Gasteiger partial charge in [0.2, 0.25) is 5.79 Å². The van der Waals surface area contributed by atoms with E-state index in [9.17, 15) is 9.90 Å². The summed E-state index contributed by atoms with van der Waals surface area (Å²) in [6.45, 7) is 6.92. The number of aldehydes is 1. The van der Waals surface area contributed by atoms with Crippen LogP contribution in [0.4, 0.5) is 0 Å². The van der Waals surface area contributed by atoms with Crippen molar-refractivity contribution in [3.05, 3.63) is 191 Å². The van der Waals surface area contributed by atoms with Crippen molar-refractivity contribution in [1.82, 2.24) is 0 Å². The molecule has 1 heterocycles. The molecule has 5 atom stereocenters. The van der Waals surface area contributed by atoms with E-state index < -0.39 is 36.3 Å². The molecule has 8 nitrogen and oxygen atoms in total. The van der Waals surface area contributed by atoms with Crippen LogP contribution in [0.1, 0.15) is 57.3 Å². The lowest BCUT2D eigenvalue weighted by Gasteiger charge is -2.55. The van der Waals surface area contributed by atoms with Gasteiger partial charge < -0.3 is 33.5 Å². The molecule has 0 amide bonds. The van der Waals surface area contributed by atoms with Crippen LogP contribution in [0.5, 0.6) is 0 Å². The molecule has 0 saturated carbocycles. The van der Waals surface area contributed by atoms with Gasteiger partial charge in [0.15, 0.2) is 11.9 Å². The molecule has 0 radical (unpaired) electrons. The number of methoxy groups -OCH3 is 1. The second kappa shape index (κ2) is 21.3. The standard InChI is InChI=1S/C50H56O8/c1-4-29-54-30-15-14-16-39-24-26-40(27-25-39)31-44-32-45(28-23-38(44)2)50(53-3)48(57-35-43-21-12-7-13-22-43)46(55-33-41-17-8-5-9-18-41)47(49(36-51,37-52)58-50)56-34-42-19-10-6-11-20-42/h4-13,17-28,32,36,46-48,52H,1,14-16,29-31,33-35,37H2,2-3H3/t46-,47-,48+,49+,50-/m0/s1. The zero-order valence-electron chi connectivity index (χ0n) is 33.7. The maximum atomic E-state index is 13.5. The number of aryl methyl sites for hydroxylation is 2. The molecular weight excluding hydrogens is 729 g/mol. The van der Waals surface area contributed by atoms with E-state index in [1.807, 2.05) is 103 Å². The Kier molecular flexibility index (Phi) is 15.7. The lowest BCUT2D eigenvalue weighted by Crippen LogP contribution is -2.72. The normalized spacial score (nSPS) is 21.7. The van der Waals surface area contributed by atoms with Gasteiger partial charge in [0.25, 0.3) is 0 Å². The van der Waals surface area contributed by atoms with Gasteiger partial charge in [0.1, 0.15) is 18.3 Å². The number of ether oxygens (including phenoxy) is 6. The highest BCUT2D eigenvalue weighted by molar-refractivity contribution is 5.65. The van der Waals surface area contributed by atoms with Crippen molar-refractivity contribution in [3.63, 3.8) is 0 Å². The maximum Gasteiger partial charge on any atom is 0.225 e. The van der Waals surface area contributed by atoms with Gasteiger partial charge in [-0.2, -0.15) is 0 Å². The molecule has 0 spiro atoms. The zero-order chi connectivity index (χ0) is 40.6. The first-order valence-corrected chi connectivity index (χ1v) is 20.1. The van der Waals surface area contributed by atoms with Gasteiger partial charge in [-0.3, -0.25) is 4.79 Å². The monoisotopic (exact) mass is 784 g/mol. The van der Waals surface area contributed by atoms with Crippen molar-refractivity contribution in [2.24, 2.45) is 0 Å². The Morgan fingerprint density at radius 3 is 1.83 bits per heavy atom. The first kappa shape index (κ1) is 42.8. The van der Waals surface area contributed by atoms with Crippen molar-refractivity contribution in [1.29, 1.82) is 0 Å². The van der Waals surface area contributed by atoms with Crippen LogP contribution in [0.25, 0.3) is 0 Å². The SMILES string of the molecule is C=CCOCCCCc1ccc(Cc2cc([C@]3(OC)O[C@](C=O)(CO)[C@@H](OCc4ccccc4)[C@H](OCc4ccccc4)[C@H]3OCc3ccccc3)ccc2C)cc1. The lowest BCUT2D eigenvalue weighted by atomic mass is 9.80. The van der Waals surface area contributed by atoms with E-state index >= 15 is 0 Å². The van der Waals surface area contributed by atoms with E-state index in [2.05, 4.69) is 43.8 Å². The summed E-state index contributed by atoms with van der Waals surface area (Å²) in [5.41, 5.74) is 6.04. The third kappa shape index (κ3) is 10.6. The van der Waals surface area contributed by atoms with Crippen molar-refractivity contribution < 1.29 is 38.3 Å². The Hall–Kier alpha value is -4.77. The smallest absolute Gasteiger partial charge is 0.225 e. The number of benzene rings is 5. The number of aliphatic hydroxyl groups excluding tert-OH is 1. The zero-order valence-corrected chi connectivity index (χ0v) is 33.7. The van der Waals surface area contributed by atoms with Crippen LogP contribution >= 0.6 is 0 Å². The Balaban J connectivity index is 1.37. The summed E-state index contributed by atoms with van der Waals surface area (Å²) >= 11 is 0. The molecule has 1 aliphatic rings. The fraction of sp³-hybridized carbons (Fsp3) is 0.340. The molecule has 0 bridgehead atoms. The number of unbranched alkanes of at least 4 members (excludes halogenated alkanes) is 1. The summed E-state index contributed by atoms with van der Waals surface area (Å²) in [5, 5.41) is 11.2. The molecule has 1 saturated heterocycles. The Morgan fingerprint density at radius 2 is 1.28 bits per heavy atom. The molecule has 0 aromatic heterocycles. The van der Waals surface area contributed by atoms with Gasteiger partial charge in [-0.25, -0.2) is 0 Å². The molecule has 304 valence electrons. The van der Waals surface area contributed by atoms with Crippen molar-refractivity contribution in [3.8, 4) is 0 Å². The van der Waals surface area contributed by atoms with Gasteiger partial charge in [-0.15, -0.1) is 6.58 Å². The molecular formula is C50H56O8. The first-order chi connectivity index (χ1) is 28.4. The molecule has 1 N–H and O–H groups in total. The van der Waals surface area contributed by atoms with Gasteiger partial charge in [0, 0.05) is 19.3 Å². The topological polar surface area (TPSA) is 92.7 Å². The van der Waals surface area contributed by atoms with Crippen LogP contribution in [0.3, 0.4) is 0 Å². The Morgan fingerprint density at radius 1 is 0.707 bits per heavy atom. The molecule has 5 aromatic rings. The number of hydrogen-bond acceptors (Lipinski definition) is 8. The van der Waals surface area contributed by atoms with E-state index in [0.717, 1.165) is 59.3 Å². The molecule has 0 unspecified atom stereocenters. The number of aliphatic hydroxyl groups is 1. The predicted molar refractivity (Wildman–Crippen MR) is 225 cm³/mol. The maximum absolute atomic E-state index is 13.5. The quantitative estimate of drug-likeness (QED) is 0.0424. The minimum absolute atomic E-state index is 0.138. The Labute approximate surface area is 343 Å². The van der Waals surface area contributed by atoms with Crippen LogP contribution in [0, 0.1) is 6.92 Å². The summed E-state index contributed by atoms with van der Waals surface area (Å²) in [4.78, 5) is 13.5. The molecule has 8 heteroatoms. The number of carbonyl (C=O) groups excluding carboxylic acids is 1. The third-order valence-corrected chi connectivity index (χ3v) is 10.8. The molecule has 0 aliphatic carbocycles. The van der Waals surface area contributed by atoms with Crippen LogP contribution < -0.4 is 0 Å². The fourth-order valence-corrected chi connectivity index (χ4v) is 7.53. The van der Waals surface area contributed by atoms with E-state index in [1.54, 1.807) is 6.08 Å². The average molecular weight is 785 g/mol. The molecule has 1 fully saturated rings. The Bertz CT molecular complexity index is 1990. The summed E-state index contributed by atoms with van der Waals surface area (Å²) in [7, 11) is 1.54. The van der Waals surface area contributed by atoms with Crippen LogP contribution in [0.15, 0.2) is 146 Å². The molecule has 1 aliphatic heterocycles. The highest BCUT2D eigenvalue weighted by Crippen LogP contribution is 2.47. The summed E-state index contributed by atoms with van der Waals surface area (Å²) in [5.74, 6) is -1.71. The highest BCUT2D eigenvalue weighted by atomic mass is 16.7. The van der Waals surface area contributed by atoms with Gasteiger partial charge >= 0.3 is 0 Å². The molecule has 6 rings (SSSR count). The molecule has 58 heavy (non-hydrogen) atoms. The van der Waals surface area contributed by atoms with Crippen molar-refractivity contribution >= 4 is 6.29 Å². The van der Waals surface area contributed by atoms with Crippen LogP contribution in [-0.2, 0) is 71.7 Å². The second-order valence-electron chi connectivity index (χ2n) is 14.9. The van der Waals surface area contributed by atoms with E-state index in [-0.39, 0.29) is 19.8 Å². The minimum atomic E-state index is -1.89. The van der Waals surface area contributed by atoms with Crippen LogP contribution in [0.2, 0.25) is 0 Å². The number of hydrogen-bond donors (Lipinski definition) is 1. The number of rotatable bonds is 22. The van der Waals surface area contributed by atoms with E-state index in [0.29, 0.717) is 24.9 Å². The summed E-state index contributed by atoms with van der Waals surface area (Å²) in [6.07, 6.45) is 3.06. The first-order valence-electron chi connectivity index (χ1n) is 20.1. The summed E-state index contributed by atoms with van der Waals surface area (Å²) in [6, 6.07) is 44.0. The predicted octanol–water partition coefficient (Wildman–Crippen LogP) is 8.63. The second-order valence-corrected chi connectivity index (χ2v) is 14.9. The summed E-state index contributed by atoms with van der Waals surface area (Å²) < 4.78 is 39.3. The third-order valence-electron chi connectivity index (χ3n) is 10.8. The van der Waals surface area contributed by atoms with Gasteiger partial charge in [0.05, 0.1) is 33.0 Å². The van der Waals surface area contributed by atoms with Gasteiger partial charge in [-0.05, 0) is 77.6 Å². The van der Waals surface area contributed by atoms with E-state index in [4.69, 9.17) is 28.4 Å². The largest absolute Gasteiger partial charge is 0.393 e. The van der Waals surface area contributed by atoms with Crippen molar-refractivity contribution in [2.75, 3.05) is 26.9 Å². The van der Waals surface area contributed by atoms with Crippen molar-refractivity contribution in [2.45, 2.75) is 82.1 Å².